The first-order chi connectivity index (χ1) is 17.2. The second-order valence-electron chi connectivity index (χ2n) is 9.10. The second kappa shape index (κ2) is 11.8. The standard InChI is InChI=1S/C25H20Cl3F7O3/c1-23(2,3)38-21(37)7-6-20(36)14-5-4-12(8-16(14)25(33,34)35)19(29)11-15(24(30,31)32)13-9-17(26)22(28)18(27)10-13/h4-5,8-11,15H,6-7H2,1-3H3/b19-11-. The first-order valence-corrected chi connectivity index (χ1v) is 11.9. The largest absolute Gasteiger partial charge is 0.460 e. The predicted molar refractivity (Wildman–Crippen MR) is 130 cm³/mol. The highest BCUT2D eigenvalue weighted by molar-refractivity contribution is 6.48. The minimum atomic E-state index is -5.16. The van der Waals surface area contributed by atoms with E-state index in [9.17, 15) is 40.3 Å². The summed E-state index contributed by atoms with van der Waals surface area (Å²) < 4.78 is 102. The third-order valence-electron chi connectivity index (χ3n) is 4.91. The number of alkyl halides is 6. The van der Waals surface area contributed by atoms with Crippen LogP contribution in [0.1, 0.15) is 66.6 Å². The number of esters is 1. The quantitative estimate of drug-likeness (QED) is 0.136. The molecule has 0 bridgehead atoms. The summed E-state index contributed by atoms with van der Waals surface area (Å²) in [5.74, 6) is -6.18. The summed E-state index contributed by atoms with van der Waals surface area (Å²) in [5.41, 5.74) is -4.78. The molecule has 0 amide bonds. The van der Waals surface area contributed by atoms with Crippen LogP contribution in [0.3, 0.4) is 0 Å². The van der Waals surface area contributed by atoms with Crippen LogP contribution in [0.15, 0.2) is 36.4 Å². The number of halogens is 10. The van der Waals surface area contributed by atoms with Gasteiger partial charge in [0.25, 0.3) is 0 Å². The zero-order chi connectivity index (χ0) is 29.2. The maximum absolute atomic E-state index is 14.9. The maximum Gasteiger partial charge on any atom is 0.417 e. The van der Waals surface area contributed by atoms with Crippen LogP contribution in [0.25, 0.3) is 5.83 Å². The van der Waals surface area contributed by atoms with E-state index in [1.807, 2.05) is 0 Å². The molecule has 2 rings (SSSR count). The van der Waals surface area contributed by atoms with Crippen LogP contribution in [-0.4, -0.2) is 23.5 Å². The lowest BCUT2D eigenvalue weighted by molar-refractivity contribution is -0.154. The lowest BCUT2D eigenvalue weighted by Gasteiger charge is -2.20. The Morgan fingerprint density at radius 2 is 1.47 bits per heavy atom. The Hall–Kier alpha value is -2.30. The van der Waals surface area contributed by atoms with E-state index in [2.05, 4.69) is 0 Å². The van der Waals surface area contributed by atoms with Gasteiger partial charge in [0.05, 0.1) is 27.1 Å². The zero-order valence-corrected chi connectivity index (χ0v) is 22.2. The monoisotopic (exact) mass is 606 g/mol. The number of hydrogen-bond acceptors (Lipinski definition) is 3. The molecule has 0 aliphatic rings. The van der Waals surface area contributed by atoms with Gasteiger partial charge in [-0.25, -0.2) is 4.39 Å². The second-order valence-corrected chi connectivity index (χ2v) is 10.3. The van der Waals surface area contributed by atoms with Gasteiger partial charge in [-0.05, 0) is 50.6 Å². The minimum absolute atomic E-state index is 0.0649. The van der Waals surface area contributed by atoms with Gasteiger partial charge in [0, 0.05) is 17.5 Å². The van der Waals surface area contributed by atoms with Gasteiger partial charge >= 0.3 is 18.3 Å². The lowest BCUT2D eigenvalue weighted by Crippen LogP contribution is -2.24. The minimum Gasteiger partial charge on any atom is -0.460 e. The third kappa shape index (κ3) is 8.61. The van der Waals surface area contributed by atoms with E-state index in [0.29, 0.717) is 6.07 Å². The Labute approximate surface area is 228 Å². The van der Waals surface area contributed by atoms with Gasteiger partial charge in [-0.1, -0.05) is 46.9 Å². The molecular formula is C25H20Cl3F7O3. The lowest BCUT2D eigenvalue weighted by atomic mass is 9.94. The van der Waals surface area contributed by atoms with Crippen molar-refractivity contribution in [2.75, 3.05) is 0 Å². The molecule has 0 saturated carbocycles. The number of carbonyl (C=O) groups excluding carboxylic acids is 2. The first-order valence-electron chi connectivity index (χ1n) is 10.8. The summed E-state index contributed by atoms with van der Waals surface area (Å²) in [6, 6.07) is 3.22. The molecule has 208 valence electrons. The number of ether oxygens (including phenoxy) is 1. The summed E-state index contributed by atoms with van der Waals surface area (Å²) >= 11 is 17.3. The fraction of sp³-hybridized carbons (Fsp3) is 0.360. The van der Waals surface area contributed by atoms with E-state index < -0.39 is 76.5 Å². The van der Waals surface area contributed by atoms with E-state index >= 15 is 0 Å². The van der Waals surface area contributed by atoms with Crippen LogP contribution in [-0.2, 0) is 15.7 Å². The number of hydrogen-bond donors (Lipinski definition) is 0. The van der Waals surface area contributed by atoms with E-state index in [1.165, 1.54) is 0 Å². The highest BCUT2D eigenvalue weighted by atomic mass is 35.5. The number of carbonyl (C=O) groups is 2. The molecule has 38 heavy (non-hydrogen) atoms. The zero-order valence-electron chi connectivity index (χ0n) is 20.0. The predicted octanol–water partition coefficient (Wildman–Crippen LogP) is 9.63. The van der Waals surface area contributed by atoms with Crippen LogP contribution < -0.4 is 0 Å². The van der Waals surface area contributed by atoms with Crippen molar-refractivity contribution < 1.29 is 45.1 Å². The topological polar surface area (TPSA) is 43.4 Å². The summed E-state index contributed by atoms with van der Waals surface area (Å²) in [6.07, 6.45) is -11.3. The number of Topliss-reactive ketones (excluding diaryl/α,β-unsaturated/α-hetero) is 1. The number of ketones is 1. The Balaban J connectivity index is 2.46. The van der Waals surface area contributed by atoms with Crippen molar-refractivity contribution in [3.8, 4) is 0 Å². The van der Waals surface area contributed by atoms with Crippen molar-refractivity contribution in [1.82, 2.24) is 0 Å². The fourth-order valence-corrected chi connectivity index (χ4v) is 3.90. The molecule has 2 aromatic rings. The summed E-state index contributed by atoms with van der Waals surface area (Å²) in [7, 11) is 0. The Bertz CT molecular complexity index is 1220. The maximum atomic E-state index is 14.9. The molecule has 0 N–H and O–H groups in total. The summed E-state index contributed by atoms with van der Waals surface area (Å²) in [6.45, 7) is 4.69. The van der Waals surface area contributed by atoms with Crippen LogP contribution in [0.2, 0.25) is 15.1 Å². The van der Waals surface area contributed by atoms with Gasteiger partial charge in [0.2, 0.25) is 0 Å². The van der Waals surface area contributed by atoms with Gasteiger partial charge in [0.1, 0.15) is 17.3 Å². The van der Waals surface area contributed by atoms with E-state index in [0.717, 1.165) is 18.2 Å². The van der Waals surface area contributed by atoms with Crippen molar-refractivity contribution in [1.29, 1.82) is 0 Å². The van der Waals surface area contributed by atoms with Crippen molar-refractivity contribution in [3.63, 3.8) is 0 Å². The summed E-state index contributed by atoms with van der Waals surface area (Å²) in [4.78, 5) is 24.3. The number of benzene rings is 2. The molecule has 0 aromatic heterocycles. The third-order valence-corrected chi connectivity index (χ3v) is 6.11. The Kier molecular flexibility index (Phi) is 9.94. The molecule has 0 aliphatic carbocycles. The molecule has 3 nitrogen and oxygen atoms in total. The molecule has 1 unspecified atom stereocenters. The average molecular weight is 608 g/mol. The number of rotatable bonds is 7. The molecule has 0 spiro atoms. The van der Waals surface area contributed by atoms with Crippen molar-refractivity contribution >= 4 is 52.4 Å². The molecule has 2 aromatic carbocycles. The molecule has 0 fully saturated rings. The van der Waals surface area contributed by atoms with E-state index in [-0.39, 0.29) is 27.2 Å². The van der Waals surface area contributed by atoms with Gasteiger partial charge in [-0.2, -0.15) is 26.3 Å². The van der Waals surface area contributed by atoms with Crippen LogP contribution in [0.4, 0.5) is 30.7 Å². The van der Waals surface area contributed by atoms with E-state index in [1.54, 1.807) is 20.8 Å². The molecular weight excluding hydrogens is 588 g/mol. The molecule has 1 atom stereocenters. The van der Waals surface area contributed by atoms with Crippen LogP contribution >= 0.6 is 34.8 Å². The van der Waals surface area contributed by atoms with E-state index in [4.69, 9.17) is 39.5 Å². The average Bonchev–Trinajstić information content (AvgIpc) is 2.76. The van der Waals surface area contributed by atoms with Gasteiger partial charge in [-0.3, -0.25) is 9.59 Å². The van der Waals surface area contributed by atoms with Crippen molar-refractivity contribution in [3.05, 3.63) is 73.7 Å². The highest BCUT2D eigenvalue weighted by Crippen LogP contribution is 2.43. The van der Waals surface area contributed by atoms with Crippen molar-refractivity contribution in [2.24, 2.45) is 0 Å². The molecule has 0 saturated heterocycles. The Morgan fingerprint density at radius 3 is 1.95 bits per heavy atom. The molecule has 0 aliphatic heterocycles. The first kappa shape index (κ1) is 31.9. The van der Waals surface area contributed by atoms with Crippen LogP contribution in [0, 0.1) is 0 Å². The van der Waals surface area contributed by atoms with Gasteiger partial charge in [-0.15, -0.1) is 0 Å². The normalized spacial score (nSPS) is 13.9. The number of allylic oxidation sites excluding steroid dienone is 1. The van der Waals surface area contributed by atoms with Gasteiger partial charge in [0.15, 0.2) is 5.78 Å². The van der Waals surface area contributed by atoms with Gasteiger partial charge < -0.3 is 4.74 Å². The summed E-state index contributed by atoms with van der Waals surface area (Å²) in [5, 5.41) is -0.916. The fourth-order valence-electron chi connectivity index (χ4n) is 3.29. The highest BCUT2D eigenvalue weighted by Gasteiger charge is 2.41. The molecule has 0 heterocycles. The molecule has 13 heteroatoms. The van der Waals surface area contributed by atoms with Crippen molar-refractivity contribution in [2.45, 2.75) is 57.5 Å². The van der Waals surface area contributed by atoms with Crippen LogP contribution in [0.5, 0.6) is 0 Å². The SMILES string of the molecule is CC(C)(C)OC(=O)CCC(=O)c1ccc(/C(F)=C/C(c2cc(Cl)c(Cl)c(Cl)c2)C(F)(F)F)cc1C(F)(F)F. The Morgan fingerprint density at radius 1 is 0.921 bits per heavy atom. The molecule has 0 radical (unpaired) electrons. The smallest absolute Gasteiger partial charge is 0.417 e.